The van der Waals surface area contributed by atoms with Gasteiger partial charge in [0.2, 0.25) is 5.91 Å². The van der Waals surface area contributed by atoms with Gasteiger partial charge in [-0.05, 0) is 38.1 Å². The van der Waals surface area contributed by atoms with Crippen molar-refractivity contribution >= 4 is 22.9 Å². The van der Waals surface area contributed by atoms with E-state index in [1.54, 1.807) is 50.5 Å². The van der Waals surface area contributed by atoms with Crippen molar-refractivity contribution in [1.29, 1.82) is 0 Å². The Morgan fingerprint density at radius 3 is 2.64 bits per heavy atom. The number of hydrogen-bond acceptors (Lipinski definition) is 5. The van der Waals surface area contributed by atoms with Crippen molar-refractivity contribution in [2.45, 2.75) is 13.8 Å². The molecule has 0 unspecified atom stereocenters. The Labute approximate surface area is 158 Å². The molecule has 0 radical (unpaired) electrons. The molecule has 0 saturated carbocycles. The summed E-state index contributed by atoms with van der Waals surface area (Å²) in [5, 5.41) is 13.6. The molecule has 0 aliphatic rings. The number of pyridine rings is 1. The predicted molar refractivity (Wildman–Crippen MR) is 101 cm³/mol. The number of carbonyl (C=O) groups is 2. The smallest absolute Gasteiger partial charge is 0.356 e. The Balaban J connectivity index is 2.00. The number of nitrogens with one attached hydrogen (secondary N) is 1. The van der Waals surface area contributed by atoms with Crippen LogP contribution in [0, 0.1) is 13.8 Å². The normalized spacial score (nSPS) is 11.1. The van der Waals surface area contributed by atoms with Crippen LogP contribution in [0.3, 0.4) is 0 Å². The van der Waals surface area contributed by atoms with Gasteiger partial charge in [0, 0.05) is 28.6 Å². The SMILES string of the molecule is Cc1c(C(=O)O)nn(-c2cc(C(N)=O)ccc2-c2nc3ccncc3[nH]2)c1C. The molecule has 3 aromatic heterocycles. The van der Waals surface area contributed by atoms with Gasteiger partial charge < -0.3 is 15.8 Å². The van der Waals surface area contributed by atoms with Crippen molar-refractivity contribution < 1.29 is 14.7 Å². The lowest BCUT2D eigenvalue weighted by molar-refractivity contribution is 0.0689. The summed E-state index contributed by atoms with van der Waals surface area (Å²) >= 11 is 0. The lowest BCUT2D eigenvalue weighted by Gasteiger charge is -2.11. The summed E-state index contributed by atoms with van der Waals surface area (Å²) in [5.74, 6) is -1.18. The first-order chi connectivity index (χ1) is 13.4. The average molecular weight is 376 g/mol. The average Bonchev–Trinajstić information content (AvgIpc) is 3.23. The van der Waals surface area contributed by atoms with Crippen LogP contribution in [0.5, 0.6) is 0 Å². The summed E-state index contributed by atoms with van der Waals surface area (Å²) in [6, 6.07) is 6.65. The predicted octanol–water partition coefficient (Wildman–Crippen LogP) is 2.22. The number of nitrogens with two attached hydrogens (primary N) is 1. The van der Waals surface area contributed by atoms with Crippen LogP contribution in [0.15, 0.2) is 36.7 Å². The van der Waals surface area contributed by atoms with E-state index in [4.69, 9.17) is 5.73 Å². The fourth-order valence-corrected chi connectivity index (χ4v) is 3.06. The van der Waals surface area contributed by atoms with Crippen molar-refractivity contribution in [3.05, 3.63) is 59.2 Å². The second-order valence-electron chi connectivity index (χ2n) is 6.35. The molecule has 4 rings (SSSR count). The Hall–Kier alpha value is -4.01. The number of benzene rings is 1. The number of fused-ring (bicyclic) bond motifs is 1. The Kier molecular flexibility index (Phi) is 3.92. The lowest BCUT2D eigenvalue weighted by atomic mass is 10.1. The number of H-pyrrole nitrogens is 1. The molecule has 4 N–H and O–H groups in total. The van der Waals surface area contributed by atoms with Crippen LogP contribution in [0.4, 0.5) is 0 Å². The molecule has 9 heteroatoms. The van der Waals surface area contributed by atoms with E-state index >= 15 is 0 Å². The van der Waals surface area contributed by atoms with E-state index in [1.807, 2.05) is 0 Å². The van der Waals surface area contributed by atoms with Crippen LogP contribution in [-0.2, 0) is 0 Å². The first kappa shape index (κ1) is 17.4. The van der Waals surface area contributed by atoms with Gasteiger partial charge in [0.15, 0.2) is 5.69 Å². The minimum Gasteiger partial charge on any atom is -0.476 e. The van der Waals surface area contributed by atoms with E-state index in [-0.39, 0.29) is 11.3 Å². The molecule has 0 aliphatic heterocycles. The van der Waals surface area contributed by atoms with Crippen molar-refractivity contribution in [3.8, 4) is 17.1 Å². The van der Waals surface area contributed by atoms with Crippen molar-refractivity contribution in [2.24, 2.45) is 5.73 Å². The van der Waals surface area contributed by atoms with E-state index in [9.17, 15) is 14.7 Å². The highest BCUT2D eigenvalue weighted by Gasteiger charge is 2.21. The second-order valence-corrected chi connectivity index (χ2v) is 6.35. The number of aromatic nitrogens is 5. The molecule has 3 heterocycles. The lowest BCUT2D eigenvalue weighted by Crippen LogP contribution is -2.12. The number of imidazole rings is 1. The maximum Gasteiger partial charge on any atom is 0.356 e. The Morgan fingerprint density at radius 1 is 1.21 bits per heavy atom. The van der Waals surface area contributed by atoms with Crippen LogP contribution in [-0.4, -0.2) is 41.7 Å². The van der Waals surface area contributed by atoms with E-state index < -0.39 is 11.9 Å². The first-order valence-corrected chi connectivity index (χ1v) is 8.40. The summed E-state index contributed by atoms with van der Waals surface area (Å²) < 4.78 is 1.49. The summed E-state index contributed by atoms with van der Waals surface area (Å²) in [4.78, 5) is 35.0. The number of amides is 1. The molecular formula is C19H16N6O3. The summed E-state index contributed by atoms with van der Waals surface area (Å²) in [6.45, 7) is 3.45. The van der Waals surface area contributed by atoms with Crippen molar-refractivity contribution in [2.75, 3.05) is 0 Å². The van der Waals surface area contributed by atoms with E-state index in [2.05, 4.69) is 20.1 Å². The minimum atomic E-state index is -1.12. The molecule has 1 amide bonds. The highest BCUT2D eigenvalue weighted by Crippen LogP contribution is 2.29. The standard InChI is InChI=1S/C19H16N6O3/c1-9-10(2)25(24-16(9)19(27)28)15-7-11(17(20)26)3-4-12(15)18-22-13-5-6-21-8-14(13)23-18/h3-8H,1-2H3,(H2,20,26)(H,22,23)(H,27,28). The van der Waals surface area contributed by atoms with Crippen molar-refractivity contribution in [3.63, 3.8) is 0 Å². The highest BCUT2D eigenvalue weighted by molar-refractivity contribution is 5.95. The van der Waals surface area contributed by atoms with Gasteiger partial charge >= 0.3 is 5.97 Å². The zero-order chi connectivity index (χ0) is 20.0. The van der Waals surface area contributed by atoms with Crippen LogP contribution < -0.4 is 5.73 Å². The number of nitrogens with zero attached hydrogens (tertiary/aromatic N) is 4. The molecule has 4 aromatic rings. The van der Waals surface area contributed by atoms with Gasteiger partial charge in [0.1, 0.15) is 5.82 Å². The zero-order valence-electron chi connectivity index (χ0n) is 15.1. The number of carbonyl (C=O) groups excluding carboxylic acids is 1. The number of carboxylic acid groups (broad SMARTS) is 1. The first-order valence-electron chi connectivity index (χ1n) is 8.40. The number of hydrogen-bond donors (Lipinski definition) is 3. The molecule has 0 aliphatic carbocycles. The summed E-state index contributed by atoms with van der Waals surface area (Å²) in [6.07, 6.45) is 3.30. The zero-order valence-corrected chi connectivity index (χ0v) is 15.1. The second kappa shape index (κ2) is 6.31. The number of rotatable bonds is 4. The van der Waals surface area contributed by atoms with E-state index in [0.29, 0.717) is 28.3 Å². The summed E-state index contributed by atoms with van der Waals surface area (Å²) in [5.41, 5.74) is 9.46. The van der Waals surface area contributed by atoms with Gasteiger partial charge in [-0.1, -0.05) is 0 Å². The summed E-state index contributed by atoms with van der Waals surface area (Å²) in [7, 11) is 0. The molecule has 0 fully saturated rings. The van der Waals surface area contributed by atoms with Crippen LogP contribution >= 0.6 is 0 Å². The van der Waals surface area contributed by atoms with Crippen LogP contribution in [0.2, 0.25) is 0 Å². The molecule has 9 nitrogen and oxygen atoms in total. The monoisotopic (exact) mass is 376 g/mol. The van der Waals surface area contributed by atoms with Gasteiger partial charge in [-0.3, -0.25) is 9.78 Å². The van der Waals surface area contributed by atoms with Crippen LogP contribution in [0.1, 0.15) is 32.1 Å². The van der Waals surface area contributed by atoms with Gasteiger partial charge in [0.25, 0.3) is 0 Å². The van der Waals surface area contributed by atoms with Crippen LogP contribution in [0.25, 0.3) is 28.1 Å². The van der Waals surface area contributed by atoms with Crippen molar-refractivity contribution in [1.82, 2.24) is 24.7 Å². The third-order valence-corrected chi connectivity index (χ3v) is 4.67. The highest BCUT2D eigenvalue weighted by atomic mass is 16.4. The van der Waals surface area contributed by atoms with Gasteiger partial charge in [-0.2, -0.15) is 5.10 Å². The number of aromatic carboxylic acids is 1. The topological polar surface area (TPSA) is 140 Å². The molecule has 1 aromatic carbocycles. The molecule has 140 valence electrons. The third-order valence-electron chi connectivity index (χ3n) is 4.67. The van der Waals surface area contributed by atoms with E-state index in [0.717, 1.165) is 11.0 Å². The molecule has 28 heavy (non-hydrogen) atoms. The maximum atomic E-state index is 11.7. The third kappa shape index (κ3) is 2.69. The maximum absolute atomic E-state index is 11.7. The molecule has 0 saturated heterocycles. The number of primary amides is 1. The number of aromatic amines is 1. The van der Waals surface area contributed by atoms with E-state index in [1.165, 1.54) is 4.68 Å². The fourth-order valence-electron chi connectivity index (χ4n) is 3.06. The quantitative estimate of drug-likeness (QED) is 0.499. The number of carboxylic acids is 1. The van der Waals surface area contributed by atoms with Gasteiger partial charge in [-0.25, -0.2) is 14.5 Å². The Morgan fingerprint density at radius 2 is 2.00 bits per heavy atom. The van der Waals surface area contributed by atoms with Gasteiger partial charge in [0.05, 0.1) is 22.9 Å². The molecule has 0 spiro atoms. The molecule has 0 atom stereocenters. The largest absolute Gasteiger partial charge is 0.476 e. The fraction of sp³-hybridized carbons (Fsp3) is 0.105. The molecular weight excluding hydrogens is 360 g/mol. The Bertz CT molecular complexity index is 1220. The minimum absolute atomic E-state index is 0.0539. The molecule has 0 bridgehead atoms. The van der Waals surface area contributed by atoms with Gasteiger partial charge in [-0.15, -0.1) is 0 Å².